The van der Waals surface area contributed by atoms with E-state index in [0.29, 0.717) is 0 Å². The second-order valence-corrected chi connectivity index (χ2v) is 29.4. The van der Waals surface area contributed by atoms with Crippen LogP contribution in [0.1, 0.15) is 307 Å². The topological polar surface area (TPSA) is 0 Å². The summed E-state index contributed by atoms with van der Waals surface area (Å²) in [5.74, 6) is 0. The Bertz CT molecular complexity index is 2220. The molecule has 0 aliphatic rings. The van der Waals surface area contributed by atoms with Crippen molar-refractivity contribution in [2.24, 2.45) is 0 Å². The van der Waals surface area contributed by atoms with Gasteiger partial charge in [0.1, 0.15) is 0 Å². The van der Waals surface area contributed by atoms with Crippen LogP contribution >= 0.6 is 77.2 Å². The number of hydrogen-bond acceptors (Lipinski definition) is 4. The maximum Gasteiger partial charge on any atom is 0.0711 e. The molecule has 0 saturated heterocycles. The monoisotopic (exact) mass is 1180 g/mol. The predicted molar refractivity (Wildman–Crippen MR) is 343 cm³/mol. The number of hydrogen-bond donors (Lipinski definition) is 0. The first kappa shape index (κ1) is 60.7. The van der Waals surface area contributed by atoms with Crippen molar-refractivity contribution in [2.75, 3.05) is 0 Å². The summed E-state index contributed by atoms with van der Waals surface area (Å²) in [7, 11) is 0. The summed E-state index contributed by atoms with van der Waals surface area (Å²) in [4.78, 5) is 0. The van der Waals surface area contributed by atoms with Crippen molar-refractivity contribution in [3.63, 3.8) is 0 Å². The summed E-state index contributed by atoms with van der Waals surface area (Å²) in [5, 5.41) is 6.49. The molecule has 6 rings (SSSR count). The van der Waals surface area contributed by atoms with E-state index >= 15 is 0 Å². The fourth-order valence-corrected chi connectivity index (χ4v) is 18.8. The molecule has 0 aliphatic carbocycles. The fraction of sp³-hybridized carbons (Fsp3) is 0.727. The van der Waals surface area contributed by atoms with E-state index < -0.39 is 0 Å². The van der Waals surface area contributed by atoms with Gasteiger partial charge in [0.15, 0.2) is 0 Å². The SMILES string of the molecule is CCCCCCCCCCCCc1c(CCCCCCCCCCCC)c2c(sc3c2sc2c4sc(Br)cc4c(CCCCCCCCCCCC)c(CCCCCCCCCCCC)c23)c2sc(Br)cc12. The minimum Gasteiger partial charge on any atom is -0.132 e. The molecule has 6 aromatic rings. The summed E-state index contributed by atoms with van der Waals surface area (Å²) in [6.45, 7) is 9.34. The van der Waals surface area contributed by atoms with Crippen molar-refractivity contribution in [2.45, 2.75) is 310 Å². The summed E-state index contributed by atoms with van der Waals surface area (Å²) in [6.07, 6.45) is 60.9. The highest BCUT2D eigenvalue weighted by Gasteiger charge is 2.27. The molecule has 0 bridgehead atoms. The average Bonchev–Trinajstić information content (AvgIpc) is 4.16. The third-order valence-electron chi connectivity index (χ3n) is 16.4. The molecule has 0 saturated carbocycles. The molecule has 72 heavy (non-hydrogen) atoms. The van der Waals surface area contributed by atoms with Crippen LogP contribution in [0, 0.1) is 0 Å². The van der Waals surface area contributed by atoms with Gasteiger partial charge in [0.2, 0.25) is 0 Å². The molecule has 4 aromatic heterocycles. The first-order valence-corrected chi connectivity index (χ1v) is 36.0. The molecule has 0 atom stereocenters. The van der Waals surface area contributed by atoms with Gasteiger partial charge in [-0.15, -0.1) is 45.3 Å². The van der Waals surface area contributed by atoms with E-state index in [2.05, 4.69) is 94.4 Å². The average molecular weight is 1180 g/mol. The lowest BCUT2D eigenvalue weighted by atomic mass is 9.90. The number of fused-ring (bicyclic) bond motifs is 9. The first-order chi connectivity index (χ1) is 35.5. The van der Waals surface area contributed by atoms with Gasteiger partial charge in [-0.05, 0) is 128 Å². The first-order valence-electron chi connectivity index (χ1n) is 31.2. The lowest BCUT2D eigenvalue weighted by Crippen LogP contribution is -1.98. The number of aryl methyl sites for hydroxylation is 4. The molecule has 2 aromatic carbocycles. The van der Waals surface area contributed by atoms with Crippen LogP contribution in [0.3, 0.4) is 0 Å². The maximum atomic E-state index is 4.08. The van der Waals surface area contributed by atoms with E-state index in [1.165, 1.54) is 290 Å². The van der Waals surface area contributed by atoms with E-state index in [4.69, 9.17) is 0 Å². The van der Waals surface area contributed by atoms with Gasteiger partial charge in [0.25, 0.3) is 0 Å². The van der Waals surface area contributed by atoms with Gasteiger partial charge in [-0.3, -0.25) is 0 Å². The maximum absolute atomic E-state index is 4.08. The van der Waals surface area contributed by atoms with Crippen LogP contribution < -0.4 is 0 Å². The van der Waals surface area contributed by atoms with Gasteiger partial charge in [0, 0.05) is 10.8 Å². The fourth-order valence-electron chi connectivity index (χ4n) is 12.2. The van der Waals surface area contributed by atoms with Gasteiger partial charge >= 0.3 is 0 Å². The number of benzene rings is 2. The van der Waals surface area contributed by atoms with Crippen LogP contribution in [-0.2, 0) is 25.7 Å². The summed E-state index contributed by atoms with van der Waals surface area (Å²) in [5.41, 5.74) is 6.90. The lowest BCUT2D eigenvalue weighted by Gasteiger charge is -2.15. The van der Waals surface area contributed by atoms with Crippen molar-refractivity contribution in [1.29, 1.82) is 0 Å². The zero-order chi connectivity index (χ0) is 50.6. The molecule has 6 heteroatoms. The molecular formula is C66H102Br2S4. The molecule has 0 aliphatic heterocycles. The molecular weight excluding hydrogens is 1080 g/mol. The van der Waals surface area contributed by atoms with Gasteiger partial charge in [-0.1, -0.05) is 259 Å². The van der Waals surface area contributed by atoms with Gasteiger partial charge in [0.05, 0.1) is 35.8 Å². The Morgan fingerprint density at radius 1 is 0.250 bits per heavy atom. The second-order valence-electron chi connectivity index (χ2n) is 22.5. The lowest BCUT2D eigenvalue weighted by molar-refractivity contribution is 0.554. The Kier molecular flexibility index (Phi) is 30.2. The third-order valence-corrected chi connectivity index (χ3v) is 22.6. The van der Waals surface area contributed by atoms with Crippen LogP contribution in [0.2, 0.25) is 0 Å². The summed E-state index contributed by atoms with van der Waals surface area (Å²) in [6, 6.07) is 5.07. The largest absolute Gasteiger partial charge is 0.132 e. The Morgan fingerprint density at radius 2 is 0.458 bits per heavy atom. The zero-order valence-corrected chi connectivity index (χ0v) is 53.1. The Balaban J connectivity index is 1.33. The second kappa shape index (κ2) is 35.8. The number of unbranched alkanes of at least 4 members (excludes halogenated alkanes) is 36. The van der Waals surface area contributed by atoms with E-state index in [9.17, 15) is 0 Å². The highest BCUT2D eigenvalue weighted by molar-refractivity contribution is 9.11. The molecule has 404 valence electrons. The molecule has 0 radical (unpaired) electrons. The molecule has 0 unspecified atom stereocenters. The standard InChI is InChI=1S/C66H102Br2S4/c1-5-9-13-17-21-25-29-33-37-41-45-51-53(47-43-39-35-31-27-23-19-15-11-7-3)59-63(61-55(51)49-57(67)69-61)71-66-60-54(48-44-40-36-32-28-24-20-16-12-8-4)52(46-42-38-34-30-26-22-18-14-10-6-2)56-50-58(68)70-62(56)64(60)72-65(59)66/h49-50H,5-48H2,1-4H3. The Hall–Kier alpha value is -0.500. The van der Waals surface area contributed by atoms with Gasteiger partial charge in [-0.2, -0.15) is 0 Å². The van der Waals surface area contributed by atoms with Crippen LogP contribution in [0.4, 0.5) is 0 Å². The van der Waals surface area contributed by atoms with Crippen molar-refractivity contribution >= 4 is 127 Å². The molecule has 0 amide bonds. The Morgan fingerprint density at radius 3 is 0.708 bits per heavy atom. The Labute approximate surface area is 475 Å². The number of rotatable bonds is 44. The minimum atomic E-state index is 1.23. The summed E-state index contributed by atoms with van der Waals surface area (Å²) < 4.78 is 12.2. The van der Waals surface area contributed by atoms with E-state index in [1.54, 1.807) is 72.0 Å². The van der Waals surface area contributed by atoms with E-state index in [0.717, 1.165) is 0 Å². The summed E-state index contributed by atoms with van der Waals surface area (Å²) >= 11 is 16.6. The molecule has 4 heterocycles. The highest BCUT2D eigenvalue weighted by atomic mass is 79.9. The highest BCUT2D eigenvalue weighted by Crippen LogP contribution is 2.55. The minimum absolute atomic E-state index is 1.23. The zero-order valence-electron chi connectivity index (χ0n) is 46.7. The molecule has 0 fully saturated rings. The van der Waals surface area contributed by atoms with Crippen molar-refractivity contribution in [3.8, 4) is 0 Å². The number of thiophene rings is 4. The van der Waals surface area contributed by atoms with Crippen LogP contribution in [-0.4, -0.2) is 0 Å². The smallest absolute Gasteiger partial charge is 0.0711 e. The van der Waals surface area contributed by atoms with Gasteiger partial charge < -0.3 is 0 Å². The van der Waals surface area contributed by atoms with Crippen LogP contribution in [0.5, 0.6) is 0 Å². The van der Waals surface area contributed by atoms with Crippen molar-refractivity contribution in [3.05, 3.63) is 42.0 Å². The molecule has 0 nitrogen and oxygen atoms in total. The van der Waals surface area contributed by atoms with Crippen molar-refractivity contribution in [1.82, 2.24) is 0 Å². The normalized spacial score (nSPS) is 12.2. The predicted octanol–water partition coefficient (Wildman–Crippen LogP) is 27.1. The van der Waals surface area contributed by atoms with E-state index in [1.807, 2.05) is 22.7 Å². The number of halogens is 2. The van der Waals surface area contributed by atoms with Crippen molar-refractivity contribution < 1.29 is 0 Å². The third kappa shape index (κ3) is 18.9. The van der Waals surface area contributed by atoms with Crippen LogP contribution in [0.15, 0.2) is 19.7 Å². The van der Waals surface area contributed by atoms with Crippen LogP contribution in [0.25, 0.3) is 49.7 Å². The quantitative estimate of drug-likeness (QED) is 0.0335. The van der Waals surface area contributed by atoms with Gasteiger partial charge in [-0.25, -0.2) is 0 Å². The molecule has 0 N–H and O–H groups in total. The van der Waals surface area contributed by atoms with E-state index in [-0.39, 0.29) is 0 Å². The molecule has 0 spiro atoms.